The number of rotatable bonds is 7. The van der Waals surface area contributed by atoms with Crippen molar-refractivity contribution < 1.29 is 4.79 Å². The summed E-state index contributed by atoms with van der Waals surface area (Å²) >= 11 is 0. The SMILES string of the molecule is CCc1ccc(CC)c(CNC(=O)C2CCN(Cc3cccc(C)c3)CC2)c1. The molecule has 1 aliphatic heterocycles. The Morgan fingerprint density at radius 3 is 2.46 bits per heavy atom. The molecule has 2 aromatic rings. The number of carbonyl (C=O) groups is 1. The number of benzene rings is 2. The molecule has 0 saturated carbocycles. The standard InChI is InChI=1S/C25H34N2O/c1-4-20-9-10-22(5-2)24(16-20)17-26-25(28)23-11-13-27(14-12-23)18-21-8-6-7-19(3)15-21/h6-10,15-16,23H,4-5,11-14,17-18H2,1-3H3,(H,26,28). The second-order valence-corrected chi connectivity index (χ2v) is 8.07. The zero-order chi connectivity index (χ0) is 19.9. The summed E-state index contributed by atoms with van der Waals surface area (Å²) in [6, 6.07) is 15.4. The van der Waals surface area contributed by atoms with Gasteiger partial charge in [-0.2, -0.15) is 0 Å². The number of hydrogen-bond donors (Lipinski definition) is 1. The maximum atomic E-state index is 12.7. The molecule has 0 aromatic heterocycles. The van der Waals surface area contributed by atoms with Gasteiger partial charge in [-0.05, 0) is 68.0 Å². The lowest BCUT2D eigenvalue weighted by Crippen LogP contribution is -2.40. The molecular formula is C25H34N2O. The van der Waals surface area contributed by atoms with Gasteiger partial charge in [0, 0.05) is 19.0 Å². The highest BCUT2D eigenvalue weighted by atomic mass is 16.1. The smallest absolute Gasteiger partial charge is 0.223 e. The number of carbonyl (C=O) groups excluding carboxylic acids is 1. The fourth-order valence-corrected chi connectivity index (χ4v) is 4.16. The Morgan fingerprint density at radius 2 is 1.79 bits per heavy atom. The van der Waals surface area contributed by atoms with Gasteiger partial charge in [-0.1, -0.05) is 61.9 Å². The van der Waals surface area contributed by atoms with E-state index < -0.39 is 0 Å². The van der Waals surface area contributed by atoms with Crippen LogP contribution in [-0.2, 0) is 30.7 Å². The van der Waals surface area contributed by atoms with E-state index in [-0.39, 0.29) is 11.8 Å². The molecule has 1 aliphatic rings. The zero-order valence-corrected chi connectivity index (χ0v) is 17.6. The topological polar surface area (TPSA) is 32.3 Å². The van der Waals surface area contributed by atoms with E-state index in [0.29, 0.717) is 6.54 Å². The molecule has 1 heterocycles. The number of nitrogens with one attached hydrogen (secondary N) is 1. The van der Waals surface area contributed by atoms with Gasteiger partial charge in [0.25, 0.3) is 0 Å². The number of amides is 1. The van der Waals surface area contributed by atoms with Crippen molar-refractivity contribution in [2.45, 2.75) is 59.5 Å². The van der Waals surface area contributed by atoms with Gasteiger partial charge in [-0.15, -0.1) is 0 Å². The van der Waals surface area contributed by atoms with Crippen LogP contribution in [0.5, 0.6) is 0 Å². The lowest BCUT2D eigenvalue weighted by molar-refractivity contribution is -0.126. The summed E-state index contributed by atoms with van der Waals surface area (Å²) in [7, 11) is 0. The predicted octanol–water partition coefficient (Wildman–Crippen LogP) is 4.65. The summed E-state index contributed by atoms with van der Waals surface area (Å²) < 4.78 is 0. The first kappa shape index (κ1) is 20.6. The summed E-state index contributed by atoms with van der Waals surface area (Å²) in [4.78, 5) is 15.2. The Kier molecular flexibility index (Phi) is 7.27. The Morgan fingerprint density at radius 1 is 1.00 bits per heavy atom. The number of piperidine rings is 1. The zero-order valence-electron chi connectivity index (χ0n) is 17.6. The average Bonchev–Trinajstić information content (AvgIpc) is 2.72. The molecule has 28 heavy (non-hydrogen) atoms. The van der Waals surface area contributed by atoms with E-state index in [1.54, 1.807) is 0 Å². The molecule has 1 amide bonds. The van der Waals surface area contributed by atoms with Crippen molar-refractivity contribution in [3.8, 4) is 0 Å². The Labute approximate surface area is 170 Å². The maximum Gasteiger partial charge on any atom is 0.223 e. The summed E-state index contributed by atoms with van der Waals surface area (Å²) in [5.74, 6) is 0.368. The first-order valence-electron chi connectivity index (χ1n) is 10.7. The normalized spacial score (nSPS) is 15.5. The third kappa shape index (κ3) is 5.45. The van der Waals surface area contributed by atoms with E-state index in [2.05, 4.69) is 73.5 Å². The monoisotopic (exact) mass is 378 g/mol. The van der Waals surface area contributed by atoms with Crippen LogP contribution in [0.2, 0.25) is 0 Å². The van der Waals surface area contributed by atoms with Gasteiger partial charge in [0.05, 0.1) is 0 Å². The highest BCUT2D eigenvalue weighted by molar-refractivity contribution is 5.78. The van der Waals surface area contributed by atoms with Gasteiger partial charge in [0.1, 0.15) is 0 Å². The molecule has 3 rings (SSSR count). The van der Waals surface area contributed by atoms with Crippen LogP contribution < -0.4 is 5.32 Å². The molecule has 150 valence electrons. The molecule has 3 nitrogen and oxygen atoms in total. The van der Waals surface area contributed by atoms with Crippen LogP contribution >= 0.6 is 0 Å². The van der Waals surface area contributed by atoms with Crippen molar-refractivity contribution in [3.63, 3.8) is 0 Å². The molecular weight excluding hydrogens is 344 g/mol. The second-order valence-electron chi connectivity index (χ2n) is 8.07. The fourth-order valence-electron chi connectivity index (χ4n) is 4.16. The quantitative estimate of drug-likeness (QED) is 0.761. The largest absolute Gasteiger partial charge is 0.352 e. The molecule has 1 fully saturated rings. The van der Waals surface area contributed by atoms with Crippen molar-refractivity contribution in [2.75, 3.05) is 13.1 Å². The van der Waals surface area contributed by atoms with Crippen LogP contribution in [0.3, 0.4) is 0 Å². The van der Waals surface area contributed by atoms with E-state index in [4.69, 9.17) is 0 Å². The minimum Gasteiger partial charge on any atom is -0.352 e. The Hall–Kier alpha value is -2.13. The highest BCUT2D eigenvalue weighted by Crippen LogP contribution is 2.20. The van der Waals surface area contributed by atoms with Gasteiger partial charge in [0.2, 0.25) is 5.91 Å². The molecule has 0 unspecified atom stereocenters. The summed E-state index contributed by atoms with van der Waals surface area (Å²) in [6.45, 7) is 10.1. The molecule has 0 spiro atoms. The summed E-state index contributed by atoms with van der Waals surface area (Å²) in [5.41, 5.74) is 6.62. The van der Waals surface area contributed by atoms with Crippen molar-refractivity contribution in [2.24, 2.45) is 5.92 Å². The van der Waals surface area contributed by atoms with Gasteiger partial charge < -0.3 is 5.32 Å². The summed E-state index contributed by atoms with van der Waals surface area (Å²) in [5, 5.41) is 3.21. The first-order valence-corrected chi connectivity index (χ1v) is 10.7. The Balaban J connectivity index is 1.49. The predicted molar refractivity (Wildman–Crippen MR) is 116 cm³/mol. The van der Waals surface area contributed by atoms with Crippen LogP contribution in [0.15, 0.2) is 42.5 Å². The van der Waals surface area contributed by atoms with E-state index in [1.807, 2.05) is 0 Å². The number of likely N-dealkylation sites (tertiary alicyclic amines) is 1. The van der Waals surface area contributed by atoms with E-state index in [1.165, 1.54) is 27.8 Å². The van der Waals surface area contributed by atoms with Crippen molar-refractivity contribution >= 4 is 5.91 Å². The third-order valence-corrected chi connectivity index (χ3v) is 5.96. The van der Waals surface area contributed by atoms with E-state index >= 15 is 0 Å². The second kappa shape index (κ2) is 9.88. The van der Waals surface area contributed by atoms with Gasteiger partial charge in [-0.25, -0.2) is 0 Å². The van der Waals surface area contributed by atoms with Crippen LogP contribution in [0, 0.1) is 12.8 Å². The molecule has 0 aliphatic carbocycles. The molecule has 0 bridgehead atoms. The number of nitrogens with zero attached hydrogens (tertiary/aromatic N) is 1. The third-order valence-electron chi connectivity index (χ3n) is 5.96. The molecule has 1 N–H and O–H groups in total. The highest BCUT2D eigenvalue weighted by Gasteiger charge is 2.24. The fraction of sp³-hybridized carbons (Fsp3) is 0.480. The first-order chi connectivity index (χ1) is 13.6. The number of hydrogen-bond acceptors (Lipinski definition) is 2. The maximum absolute atomic E-state index is 12.7. The molecule has 2 aromatic carbocycles. The lowest BCUT2D eigenvalue weighted by atomic mass is 9.95. The minimum absolute atomic E-state index is 0.146. The summed E-state index contributed by atoms with van der Waals surface area (Å²) in [6.07, 6.45) is 3.94. The van der Waals surface area contributed by atoms with Gasteiger partial charge >= 0.3 is 0 Å². The van der Waals surface area contributed by atoms with Crippen LogP contribution in [0.25, 0.3) is 0 Å². The lowest BCUT2D eigenvalue weighted by Gasteiger charge is -2.31. The van der Waals surface area contributed by atoms with Crippen LogP contribution in [0.1, 0.15) is 54.5 Å². The van der Waals surface area contributed by atoms with Crippen molar-refractivity contribution in [1.82, 2.24) is 10.2 Å². The van der Waals surface area contributed by atoms with Crippen molar-refractivity contribution in [1.29, 1.82) is 0 Å². The van der Waals surface area contributed by atoms with E-state index in [9.17, 15) is 4.79 Å². The van der Waals surface area contributed by atoms with Crippen LogP contribution in [-0.4, -0.2) is 23.9 Å². The molecule has 0 atom stereocenters. The minimum atomic E-state index is 0.146. The van der Waals surface area contributed by atoms with Gasteiger partial charge in [-0.3, -0.25) is 9.69 Å². The molecule has 3 heteroatoms. The van der Waals surface area contributed by atoms with E-state index in [0.717, 1.165) is 45.3 Å². The number of aryl methyl sites for hydroxylation is 3. The van der Waals surface area contributed by atoms with Crippen LogP contribution in [0.4, 0.5) is 0 Å². The Bertz CT molecular complexity index is 791. The van der Waals surface area contributed by atoms with Crippen molar-refractivity contribution in [3.05, 3.63) is 70.3 Å². The molecule has 0 radical (unpaired) electrons. The average molecular weight is 379 g/mol. The van der Waals surface area contributed by atoms with Gasteiger partial charge in [0.15, 0.2) is 0 Å². The molecule has 1 saturated heterocycles.